The van der Waals surface area contributed by atoms with Gasteiger partial charge < -0.3 is 4.52 Å². The van der Waals surface area contributed by atoms with E-state index >= 15 is 0 Å². The molecule has 0 saturated heterocycles. The van der Waals surface area contributed by atoms with E-state index in [-0.39, 0.29) is 10.8 Å². The van der Waals surface area contributed by atoms with Crippen LogP contribution in [0.2, 0.25) is 0 Å². The van der Waals surface area contributed by atoms with Gasteiger partial charge in [0.1, 0.15) is 12.1 Å². The van der Waals surface area contributed by atoms with Crippen molar-refractivity contribution >= 4 is 16.7 Å². The molecule has 8 heteroatoms. The molecule has 0 N–H and O–H groups in total. The van der Waals surface area contributed by atoms with Crippen LogP contribution in [0.5, 0.6) is 0 Å². The Balaban J connectivity index is 1.18. The second-order valence-electron chi connectivity index (χ2n) is 11.8. The standard InChI is InChI=1S/C28H29N7O/c1-17-24(18(2)36-33-17)28-11-19-8-20(12-28)10-27(9-19,15-28)13-23-31-26-22-14-30-35(21-6-4-3-5-7-21)25(22)29-16-34(26)32-23/h3-7,14,16,19-20H,8-13,15H2,1-2H3. The van der Waals surface area contributed by atoms with Gasteiger partial charge in [-0.2, -0.15) is 5.10 Å². The quantitative estimate of drug-likeness (QED) is 0.354. The van der Waals surface area contributed by atoms with Gasteiger partial charge in [0, 0.05) is 17.4 Å². The van der Waals surface area contributed by atoms with E-state index in [1.165, 1.54) is 44.1 Å². The molecule has 4 aromatic heterocycles. The lowest BCUT2D eigenvalue weighted by atomic mass is 9.42. The molecule has 0 radical (unpaired) electrons. The number of hydrogen-bond donors (Lipinski definition) is 0. The highest BCUT2D eigenvalue weighted by Crippen LogP contribution is 2.67. The molecule has 8 nitrogen and oxygen atoms in total. The number of aromatic nitrogens is 7. The Morgan fingerprint density at radius 1 is 1.03 bits per heavy atom. The van der Waals surface area contributed by atoms with Crippen molar-refractivity contribution in [1.82, 2.24) is 34.5 Å². The van der Waals surface area contributed by atoms with Gasteiger partial charge in [-0.25, -0.2) is 19.2 Å². The minimum absolute atomic E-state index is 0.197. The third-order valence-corrected chi connectivity index (χ3v) is 9.23. The van der Waals surface area contributed by atoms with Crippen molar-refractivity contribution in [3.8, 4) is 5.69 Å². The monoisotopic (exact) mass is 479 g/mol. The summed E-state index contributed by atoms with van der Waals surface area (Å²) < 4.78 is 9.36. The topological polar surface area (TPSA) is 86.9 Å². The normalized spacial score (nSPS) is 29.1. The molecule has 1 aromatic carbocycles. The smallest absolute Gasteiger partial charge is 0.170 e. The molecule has 9 rings (SSSR count). The molecule has 36 heavy (non-hydrogen) atoms. The Bertz CT molecular complexity index is 1590. The van der Waals surface area contributed by atoms with Gasteiger partial charge in [0.25, 0.3) is 0 Å². The molecule has 2 atom stereocenters. The molecular weight excluding hydrogens is 450 g/mol. The number of para-hydroxylation sites is 1. The van der Waals surface area contributed by atoms with E-state index in [0.29, 0.717) is 0 Å². The maximum Gasteiger partial charge on any atom is 0.170 e. The molecule has 4 bridgehead atoms. The SMILES string of the molecule is Cc1noc(C)c1C12CC3CC(CC(Cc4nc5c6cnn(-c7ccccc7)c6ncn5n4)(C3)C1)C2. The number of aryl methyl sites for hydroxylation is 2. The van der Waals surface area contributed by atoms with E-state index in [0.717, 1.165) is 57.9 Å². The van der Waals surface area contributed by atoms with Gasteiger partial charge in [0.05, 0.1) is 23.0 Å². The summed E-state index contributed by atoms with van der Waals surface area (Å²) >= 11 is 0. The van der Waals surface area contributed by atoms with Crippen molar-refractivity contribution in [2.24, 2.45) is 17.3 Å². The van der Waals surface area contributed by atoms with Crippen molar-refractivity contribution < 1.29 is 4.52 Å². The Morgan fingerprint density at radius 3 is 2.58 bits per heavy atom. The first-order valence-corrected chi connectivity index (χ1v) is 13.1. The summed E-state index contributed by atoms with van der Waals surface area (Å²) in [7, 11) is 0. The summed E-state index contributed by atoms with van der Waals surface area (Å²) in [5.74, 6) is 3.48. The van der Waals surface area contributed by atoms with Crippen molar-refractivity contribution in [1.29, 1.82) is 0 Å². The number of nitrogens with zero attached hydrogens (tertiary/aromatic N) is 7. The fourth-order valence-electron chi connectivity index (χ4n) is 8.73. The molecule has 4 saturated carbocycles. The number of benzene rings is 1. The van der Waals surface area contributed by atoms with Crippen LogP contribution in [0.15, 0.2) is 47.4 Å². The molecular formula is C28H29N7O. The minimum atomic E-state index is 0.197. The molecule has 182 valence electrons. The lowest BCUT2D eigenvalue weighted by molar-refractivity contribution is -0.0731. The Hall–Kier alpha value is -3.55. The van der Waals surface area contributed by atoms with Crippen LogP contribution in [-0.2, 0) is 11.8 Å². The summed E-state index contributed by atoms with van der Waals surface area (Å²) in [5, 5.41) is 14.8. The molecule has 4 fully saturated rings. The zero-order valence-corrected chi connectivity index (χ0v) is 20.7. The first kappa shape index (κ1) is 20.6. The van der Waals surface area contributed by atoms with Gasteiger partial charge in [0.15, 0.2) is 17.1 Å². The zero-order chi connectivity index (χ0) is 24.1. The molecule has 5 aromatic rings. The van der Waals surface area contributed by atoms with E-state index < -0.39 is 0 Å². The van der Waals surface area contributed by atoms with Crippen molar-refractivity contribution in [3.05, 3.63) is 65.7 Å². The van der Waals surface area contributed by atoms with Gasteiger partial charge in [-0.05, 0) is 81.8 Å². The van der Waals surface area contributed by atoms with Gasteiger partial charge in [-0.15, -0.1) is 5.10 Å². The number of rotatable bonds is 4. The predicted octanol–water partition coefficient (Wildman–Crippen LogP) is 5.15. The van der Waals surface area contributed by atoms with E-state index in [4.69, 9.17) is 19.6 Å². The van der Waals surface area contributed by atoms with Crippen molar-refractivity contribution in [3.63, 3.8) is 0 Å². The summed E-state index contributed by atoms with van der Waals surface area (Å²) in [5.41, 5.74) is 5.54. The van der Waals surface area contributed by atoms with Crippen LogP contribution in [-0.4, -0.2) is 34.5 Å². The average molecular weight is 480 g/mol. The molecule has 0 amide bonds. The molecule has 4 heterocycles. The average Bonchev–Trinajstić information content (AvgIpc) is 3.54. The second kappa shape index (κ2) is 7.02. The fourth-order valence-corrected chi connectivity index (χ4v) is 8.73. The van der Waals surface area contributed by atoms with E-state index in [9.17, 15) is 0 Å². The molecule has 0 spiro atoms. The largest absolute Gasteiger partial charge is 0.361 e. The maximum absolute atomic E-state index is 5.66. The molecule has 4 aliphatic rings. The van der Waals surface area contributed by atoms with Crippen LogP contribution in [0.4, 0.5) is 0 Å². The van der Waals surface area contributed by atoms with Crippen LogP contribution in [0.25, 0.3) is 22.4 Å². The highest BCUT2D eigenvalue weighted by Gasteiger charge is 2.59. The first-order valence-electron chi connectivity index (χ1n) is 13.1. The number of fused-ring (bicyclic) bond motifs is 3. The lowest BCUT2D eigenvalue weighted by Crippen LogP contribution is -2.55. The third-order valence-electron chi connectivity index (χ3n) is 9.23. The van der Waals surface area contributed by atoms with E-state index in [2.05, 4.69) is 24.1 Å². The minimum Gasteiger partial charge on any atom is -0.361 e. The second-order valence-corrected chi connectivity index (χ2v) is 11.8. The zero-order valence-electron chi connectivity index (χ0n) is 20.7. The van der Waals surface area contributed by atoms with Crippen LogP contribution in [0.3, 0.4) is 0 Å². The highest BCUT2D eigenvalue weighted by atomic mass is 16.5. The predicted molar refractivity (Wildman–Crippen MR) is 134 cm³/mol. The Labute approximate surface area is 208 Å². The van der Waals surface area contributed by atoms with Crippen molar-refractivity contribution in [2.75, 3.05) is 0 Å². The van der Waals surface area contributed by atoms with E-state index in [1.807, 2.05) is 45.7 Å². The van der Waals surface area contributed by atoms with E-state index in [1.54, 1.807) is 6.33 Å². The maximum atomic E-state index is 5.66. The summed E-state index contributed by atoms with van der Waals surface area (Å²) in [6.45, 7) is 4.22. The summed E-state index contributed by atoms with van der Waals surface area (Å²) in [4.78, 5) is 9.77. The van der Waals surface area contributed by atoms with Crippen LogP contribution >= 0.6 is 0 Å². The summed E-state index contributed by atoms with van der Waals surface area (Å²) in [6, 6.07) is 10.1. The van der Waals surface area contributed by atoms with Gasteiger partial charge in [-0.1, -0.05) is 23.4 Å². The van der Waals surface area contributed by atoms with Crippen molar-refractivity contribution in [2.45, 2.75) is 64.2 Å². The third kappa shape index (κ3) is 2.84. The van der Waals surface area contributed by atoms with Gasteiger partial charge >= 0.3 is 0 Å². The van der Waals surface area contributed by atoms with Gasteiger partial charge in [0.2, 0.25) is 0 Å². The molecule has 0 aliphatic heterocycles. The fraction of sp³-hybridized carbons (Fsp3) is 0.464. The molecule has 4 aliphatic carbocycles. The Kier molecular flexibility index (Phi) is 4.02. The number of hydrogen-bond acceptors (Lipinski definition) is 6. The summed E-state index contributed by atoms with van der Waals surface area (Å²) in [6.07, 6.45) is 12.2. The molecule has 2 unspecified atom stereocenters. The van der Waals surface area contributed by atoms with Gasteiger partial charge in [-0.3, -0.25) is 0 Å². The van der Waals surface area contributed by atoms with Crippen LogP contribution in [0, 0.1) is 31.1 Å². The lowest BCUT2D eigenvalue weighted by Gasteiger charge is -2.62. The Morgan fingerprint density at radius 2 is 1.83 bits per heavy atom. The first-order chi connectivity index (χ1) is 17.5. The van der Waals surface area contributed by atoms with Crippen LogP contribution in [0.1, 0.15) is 61.4 Å². The highest BCUT2D eigenvalue weighted by molar-refractivity contribution is 5.89. The van der Waals surface area contributed by atoms with Crippen LogP contribution < -0.4 is 0 Å².